The van der Waals surface area contributed by atoms with Gasteiger partial charge in [-0.25, -0.2) is 14.2 Å². The van der Waals surface area contributed by atoms with Gasteiger partial charge >= 0.3 is 5.97 Å². The van der Waals surface area contributed by atoms with Gasteiger partial charge in [-0.3, -0.25) is 9.36 Å². The van der Waals surface area contributed by atoms with Crippen LogP contribution in [0.4, 0.5) is 4.39 Å². The van der Waals surface area contributed by atoms with Crippen LogP contribution in [-0.2, 0) is 9.53 Å². The van der Waals surface area contributed by atoms with Crippen molar-refractivity contribution in [2.45, 2.75) is 13.0 Å². The van der Waals surface area contributed by atoms with Gasteiger partial charge in [-0.05, 0) is 30.5 Å². The van der Waals surface area contributed by atoms with Gasteiger partial charge in [0.1, 0.15) is 11.9 Å². The van der Waals surface area contributed by atoms with E-state index >= 15 is 0 Å². The molecule has 0 unspecified atom stereocenters. The lowest BCUT2D eigenvalue weighted by molar-refractivity contribution is -0.136. The number of methoxy groups -OCH3 is 1. The largest absolute Gasteiger partial charge is 0.466 e. The SMILES string of the molecule is COC(=O)C1=C(C)N=c2s/c(=C\c3ccccc3F)c(=O)n2[C@H]1c1cccs1. The smallest absolute Gasteiger partial charge is 0.338 e. The number of thiophene rings is 1. The van der Waals surface area contributed by atoms with E-state index < -0.39 is 17.8 Å². The summed E-state index contributed by atoms with van der Waals surface area (Å²) in [5.41, 5.74) is 0.836. The van der Waals surface area contributed by atoms with Crippen LogP contribution in [0.5, 0.6) is 0 Å². The highest BCUT2D eigenvalue weighted by Crippen LogP contribution is 2.32. The number of esters is 1. The van der Waals surface area contributed by atoms with Crippen molar-refractivity contribution in [3.8, 4) is 0 Å². The summed E-state index contributed by atoms with van der Waals surface area (Å²) in [6, 6.07) is 9.36. The van der Waals surface area contributed by atoms with Crippen LogP contribution in [0.15, 0.2) is 62.8 Å². The maximum atomic E-state index is 14.0. The number of halogens is 1. The van der Waals surface area contributed by atoms with Gasteiger partial charge in [-0.2, -0.15) is 0 Å². The van der Waals surface area contributed by atoms with Gasteiger partial charge in [0.25, 0.3) is 5.56 Å². The van der Waals surface area contributed by atoms with Gasteiger partial charge in [0.2, 0.25) is 0 Å². The number of carbonyl (C=O) groups is 1. The minimum absolute atomic E-state index is 0.320. The van der Waals surface area contributed by atoms with Crippen molar-refractivity contribution in [1.82, 2.24) is 4.57 Å². The van der Waals surface area contributed by atoms with Crippen molar-refractivity contribution in [1.29, 1.82) is 0 Å². The van der Waals surface area contributed by atoms with Gasteiger partial charge < -0.3 is 4.74 Å². The molecule has 1 aliphatic rings. The van der Waals surface area contributed by atoms with E-state index in [1.165, 1.54) is 46.5 Å². The summed E-state index contributed by atoms with van der Waals surface area (Å²) in [5, 5.41) is 1.88. The first-order valence-electron chi connectivity index (χ1n) is 8.40. The standard InChI is InChI=1S/C20H15FN2O3S2/c1-11-16(19(25)26-2)17(14-8-5-9-27-14)23-18(24)15(28-20(23)22-11)10-12-6-3-4-7-13(12)21/h3-10,17H,1-2H3/b15-10-/t17-/m0/s1. The Hall–Kier alpha value is -2.84. The summed E-state index contributed by atoms with van der Waals surface area (Å²) in [6.07, 6.45) is 1.52. The fourth-order valence-electron chi connectivity index (χ4n) is 3.14. The zero-order chi connectivity index (χ0) is 19.8. The fraction of sp³-hybridized carbons (Fsp3) is 0.150. The fourth-order valence-corrected chi connectivity index (χ4v) is 5.00. The number of ether oxygens (including phenoxy) is 1. The van der Waals surface area contributed by atoms with E-state index in [0.29, 0.717) is 26.2 Å². The van der Waals surface area contributed by atoms with Gasteiger partial charge in [-0.15, -0.1) is 11.3 Å². The van der Waals surface area contributed by atoms with Gasteiger partial charge in [0.05, 0.1) is 22.9 Å². The molecule has 0 fully saturated rings. The summed E-state index contributed by atoms with van der Waals surface area (Å²) in [5.74, 6) is -0.933. The average molecular weight is 414 g/mol. The lowest BCUT2D eigenvalue weighted by Crippen LogP contribution is -2.39. The van der Waals surface area contributed by atoms with Crippen LogP contribution < -0.4 is 14.9 Å². The number of hydrogen-bond acceptors (Lipinski definition) is 6. The Morgan fingerprint density at radius 3 is 2.75 bits per heavy atom. The van der Waals surface area contributed by atoms with E-state index in [9.17, 15) is 14.0 Å². The number of allylic oxidation sites excluding steroid dienone is 1. The first kappa shape index (κ1) is 18.5. The van der Waals surface area contributed by atoms with E-state index in [4.69, 9.17) is 4.74 Å². The average Bonchev–Trinajstić information content (AvgIpc) is 3.31. The molecule has 0 radical (unpaired) electrons. The molecule has 142 valence electrons. The normalized spacial score (nSPS) is 16.7. The summed E-state index contributed by atoms with van der Waals surface area (Å²) >= 11 is 2.61. The molecule has 0 bridgehead atoms. The van der Waals surface area contributed by atoms with Crippen molar-refractivity contribution in [2.24, 2.45) is 4.99 Å². The molecule has 1 atom stereocenters. The molecule has 0 aliphatic carbocycles. The second-order valence-corrected chi connectivity index (χ2v) is 8.10. The van der Waals surface area contributed by atoms with Crippen molar-refractivity contribution in [3.63, 3.8) is 0 Å². The first-order valence-corrected chi connectivity index (χ1v) is 10.1. The number of benzene rings is 1. The van der Waals surface area contributed by atoms with E-state index in [2.05, 4.69) is 4.99 Å². The Kier molecular flexibility index (Phi) is 4.82. The molecular formula is C20H15FN2O3S2. The van der Waals surface area contributed by atoms with Crippen molar-refractivity contribution in [3.05, 3.63) is 89.0 Å². The summed E-state index contributed by atoms with van der Waals surface area (Å²) < 4.78 is 20.8. The maximum absolute atomic E-state index is 14.0. The Morgan fingerprint density at radius 1 is 1.29 bits per heavy atom. The van der Waals surface area contributed by atoms with Crippen LogP contribution in [0, 0.1) is 5.82 Å². The topological polar surface area (TPSA) is 60.7 Å². The lowest BCUT2D eigenvalue weighted by Gasteiger charge is -2.22. The molecule has 1 aliphatic heterocycles. The zero-order valence-electron chi connectivity index (χ0n) is 15.0. The maximum Gasteiger partial charge on any atom is 0.338 e. The summed E-state index contributed by atoms with van der Waals surface area (Å²) in [6.45, 7) is 1.72. The number of rotatable bonds is 3. The molecular weight excluding hydrogens is 399 g/mol. The third-order valence-corrected chi connectivity index (χ3v) is 6.34. The Bertz CT molecular complexity index is 1270. The van der Waals surface area contributed by atoms with Crippen LogP contribution in [0.25, 0.3) is 6.08 Å². The van der Waals surface area contributed by atoms with Crippen LogP contribution >= 0.6 is 22.7 Å². The third-order valence-electron chi connectivity index (χ3n) is 4.43. The van der Waals surface area contributed by atoms with Crippen LogP contribution in [-0.4, -0.2) is 17.6 Å². The molecule has 5 nitrogen and oxygen atoms in total. The number of nitrogens with zero attached hydrogens (tertiary/aromatic N) is 2. The highest BCUT2D eigenvalue weighted by Gasteiger charge is 2.33. The van der Waals surface area contributed by atoms with E-state index in [0.717, 1.165) is 4.88 Å². The summed E-state index contributed by atoms with van der Waals surface area (Å²) in [7, 11) is 1.30. The van der Waals surface area contributed by atoms with Gasteiger partial charge in [0.15, 0.2) is 4.80 Å². The van der Waals surface area contributed by atoms with E-state index in [1.54, 1.807) is 25.1 Å². The Balaban J connectivity index is 1.99. The molecule has 8 heteroatoms. The molecule has 0 spiro atoms. The van der Waals surface area contributed by atoms with Gasteiger partial charge in [-0.1, -0.05) is 35.6 Å². The molecule has 0 saturated carbocycles. The van der Waals surface area contributed by atoms with Crippen molar-refractivity contribution in [2.75, 3.05) is 7.11 Å². The van der Waals surface area contributed by atoms with Crippen LogP contribution in [0.1, 0.15) is 23.4 Å². The highest BCUT2D eigenvalue weighted by molar-refractivity contribution is 7.10. The molecule has 28 heavy (non-hydrogen) atoms. The predicted molar refractivity (Wildman–Crippen MR) is 107 cm³/mol. The molecule has 1 aromatic carbocycles. The second-order valence-electron chi connectivity index (χ2n) is 6.11. The number of hydrogen-bond donors (Lipinski definition) is 0. The molecule has 2 aromatic heterocycles. The van der Waals surface area contributed by atoms with Crippen molar-refractivity contribution < 1.29 is 13.9 Å². The first-order chi connectivity index (χ1) is 13.5. The quantitative estimate of drug-likeness (QED) is 0.619. The van der Waals surface area contributed by atoms with E-state index in [-0.39, 0.29) is 5.56 Å². The number of fused-ring (bicyclic) bond motifs is 1. The number of thiazole rings is 1. The summed E-state index contributed by atoms with van der Waals surface area (Å²) in [4.78, 5) is 31.4. The zero-order valence-corrected chi connectivity index (χ0v) is 16.6. The molecule has 4 rings (SSSR count). The highest BCUT2D eigenvalue weighted by atomic mass is 32.1. The molecule has 0 amide bonds. The second kappa shape index (κ2) is 7.29. The van der Waals surface area contributed by atoms with E-state index in [1.807, 2.05) is 17.5 Å². The predicted octanol–water partition coefficient (Wildman–Crippen LogP) is 2.61. The molecule has 0 saturated heterocycles. The third kappa shape index (κ3) is 3.04. The monoisotopic (exact) mass is 414 g/mol. The van der Waals surface area contributed by atoms with Gasteiger partial charge in [0, 0.05) is 10.4 Å². The minimum atomic E-state index is -0.619. The minimum Gasteiger partial charge on any atom is -0.466 e. The number of carbonyl (C=O) groups excluding carboxylic acids is 1. The Morgan fingerprint density at radius 2 is 2.07 bits per heavy atom. The number of aromatic nitrogens is 1. The molecule has 0 N–H and O–H groups in total. The molecule has 3 aromatic rings. The van der Waals surface area contributed by atoms with Crippen LogP contribution in [0.3, 0.4) is 0 Å². The van der Waals surface area contributed by atoms with Crippen molar-refractivity contribution >= 4 is 34.7 Å². The van der Waals surface area contributed by atoms with Crippen LogP contribution in [0.2, 0.25) is 0 Å². The lowest BCUT2D eigenvalue weighted by atomic mass is 10.0. The Labute approximate surface area is 167 Å². The molecule has 3 heterocycles.